The third kappa shape index (κ3) is 3.31. The van der Waals surface area contributed by atoms with Gasteiger partial charge in [-0.25, -0.2) is 0 Å². The van der Waals surface area contributed by atoms with Gasteiger partial charge in [-0.15, -0.1) is 0 Å². The minimum atomic E-state index is 0.709. The molecule has 0 bridgehead atoms. The number of rotatable bonds is 4. The minimum absolute atomic E-state index is 0.709. The van der Waals surface area contributed by atoms with Crippen LogP contribution in [0, 0.1) is 5.92 Å². The molecule has 1 saturated carbocycles. The van der Waals surface area contributed by atoms with Crippen molar-refractivity contribution >= 4 is 0 Å². The SMILES string of the molecule is CC[C@H]1CCC[C@@H](NCc2ccccn2)C1. The Hall–Kier alpha value is -0.890. The van der Waals surface area contributed by atoms with Crippen molar-refractivity contribution in [2.45, 2.75) is 51.6 Å². The van der Waals surface area contributed by atoms with Gasteiger partial charge in [0.25, 0.3) is 0 Å². The van der Waals surface area contributed by atoms with E-state index in [1.165, 1.54) is 32.1 Å². The van der Waals surface area contributed by atoms with E-state index in [0.29, 0.717) is 6.04 Å². The number of nitrogens with zero attached hydrogens (tertiary/aromatic N) is 1. The van der Waals surface area contributed by atoms with Crippen LogP contribution in [0.25, 0.3) is 0 Å². The molecule has 1 fully saturated rings. The van der Waals surface area contributed by atoms with Crippen molar-refractivity contribution in [1.29, 1.82) is 0 Å². The lowest BCUT2D eigenvalue weighted by molar-refractivity contribution is 0.278. The highest BCUT2D eigenvalue weighted by Crippen LogP contribution is 2.26. The smallest absolute Gasteiger partial charge is 0.0541 e. The summed E-state index contributed by atoms with van der Waals surface area (Å²) in [4.78, 5) is 4.34. The lowest BCUT2D eigenvalue weighted by Gasteiger charge is -2.29. The molecule has 1 aliphatic carbocycles. The molecule has 16 heavy (non-hydrogen) atoms. The highest BCUT2D eigenvalue weighted by molar-refractivity contribution is 5.03. The Morgan fingerprint density at radius 3 is 3.06 bits per heavy atom. The predicted molar refractivity (Wildman–Crippen MR) is 67.1 cm³/mol. The van der Waals surface area contributed by atoms with Crippen LogP contribution in [-0.2, 0) is 6.54 Å². The van der Waals surface area contributed by atoms with Crippen LogP contribution in [-0.4, -0.2) is 11.0 Å². The van der Waals surface area contributed by atoms with Crippen molar-refractivity contribution in [3.05, 3.63) is 30.1 Å². The number of hydrogen-bond donors (Lipinski definition) is 1. The third-order valence-corrected chi connectivity index (χ3v) is 3.66. The zero-order chi connectivity index (χ0) is 11.2. The first-order valence-electron chi connectivity index (χ1n) is 6.51. The van der Waals surface area contributed by atoms with Crippen LogP contribution in [0.15, 0.2) is 24.4 Å². The van der Waals surface area contributed by atoms with Gasteiger partial charge in [0.1, 0.15) is 0 Å². The maximum Gasteiger partial charge on any atom is 0.0541 e. The molecule has 1 N–H and O–H groups in total. The van der Waals surface area contributed by atoms with Gasteiger partial charge in [0.05, 0.1) is 5.69 Å². The molecule has 0 radical (unpaired) electrons. The van der Waals surface area contributed by atoms with E-state index in [0.717, 1.165) is 18.2 Å². The van der Waals surface area contributed by atoms with Crippen LogP contribution in [0.2, 0.25) is 0 Å². The molecule has 1 aromatic heterocycles. The van der Waals surface area contributed by atoms with Crippen molar-refractivity contribution < 1.29 is 0 Å². The van der Waals surface area contributed by atoms with Crippen LogP contribution in [0.4, 0.5) is 0 Å². The quantitative estimate of drug-likeness (QED) is 0.839. The average Bonchev–Trinajstić information content (AvgIpc) is 2.38. The van der Waals surface area contributed by atoms with E-state index in [9.17, 15) is 0 Å². The fraction of sp³-hybridized carbons (Fsp3) is 0.643. The maximum atomic E-state index is 4.34. The van der Waals surface area contributed by atoms with E-state index >= 15 is 0 Å². The van der Waals surface area contributed by atoms with E-state index in [1.807, 2.05) is 12.3 Å². The third-order valence-electron chi connectivity index (χ3n) is 3.66. The molecular weight excluding hydrogens is 196 g/mol. The summed E-state index contributed by atoms with van der Waals surface area (Å²) >= 11 is 0. The van der Waals surface area contributed by atoms with E-state index in [-0.39, 0.29) is 0 Å². The molecule has 0 aliphatic heterocycles. The Morgan fingerprint density at radius 2 is 2.31 bits per heavy atom. The monoisotopic (exact) mass is 218 g/mol. The fourth-order valence-electron chi connectivity index (χ4n) is 2.60. The second-order valence-electron chi connectivity index (χ2n) is 4.84. The Labute approximate surface area is 98.5 Å². The van der Waals surface area contributed by atoms with Crippen molar-refractivity contribution in [2.24, 2.45) is 5.92 Å². The van der Waals surface area contributed by atoms with E-state index in [2.05, 4.69) is 29.4 Å². The van der Waals surface area contributed by atoms with Gasteiger partial charge < -0.3 is 5.32 Å². The first-order valence-corrected chi connectivity index (χ1v) is 6.51. The molecule has 1 aromatic rings. The van der Waals surface area contributed by atoms with E-state index in [4.69, 9.17) is 0 Å². The van der Waals surface area contributed by atoms with Gasteiger partial charge in [-0.05, 0) is 30.9 Å². The van der Waals surface area contributed by atoms with Crippen LogP contribution >= 0.6 is 0 Å². The molecule has 0 unspecified atom stereocenters. The minimum Gasteiger partial charge on any atom is -0.308 e. The number of hydrogen-bond acceptors (Lipinski definition) is 2. The number of aromatic nitrogens is 1. The first kappa shape index (κ1) is 11.6. The van der Waals surface area contributed by atoms with Crippen LogP contribution < -0.4 is 5.32 Å². The average molecular weight is 218 g/mol. The normalized spacial score (nSPS) is 25.6. The van der Waals surface area contributed by atoms with Crippen LogP contribution in [0.3, 0.4) is 0 Å². The van der Waals surface area contributed by atoms with Crippen LogP contribution in [0.1, 0.15) is 44.7 Å². The molecule has 0 spiro atoms. The van der Waals surface area contributed by atoms with Gasteiger partial charge >= 0.3 is 0 Å². The van der Waals surface area contributed by atoms with Gasteiger partial charge in [-0.2, -0.15) is 0 Å². The zero-order valence-corrected chi connectivity index (χ0v) is 10.2. The summed E-state index contributed by atoms with van der Waals surface area (Å²) in [5.41, 5.74) is 1.15. The first-order chi connectivity index (χ1) is 7.88. The number of nitrogens with one attached hydrogen (secondary N) is 1. The molecule has 2 rings (SSSR count). The summed E-state index contributed by atoms with van der Waals surface area (Å²) < 4.78 is 0. The highest BCUT2D eigenvalue weighted by atomic mass is 14.9. The zero-order valence-electron chi connectivity index (χ0n) is 10.2. The topological polar surface area (TPSA) is 24.9 Å². The molecule has 2 atom stereocenters. The molecule has 1 heterocycles. The fourth-order valence-corrected chi connectivity index (χ4v) is 2.60. The molecule has 2 nitrogen and oxygen atoms in total. The summed E-state index contributed by atoms with van der Waals surface area (Å²) in [6, 6.07) is 6.82. The Morgan fingerprint density at radius 1 is 1.38 bits per heavy atom. The summed E-state index contributed by atoms with van der Waals surface area (Å²) in [6.07, 6.45) is 8.71. The molecule has 0 aromatic carbocycles. The predicted octanol–water partition coefficient (Wildman–Crippen LogP) is 3.14. The lowest BCUT2D eigenvalue weighted by Crippen LogP contribution is -2.33. The van der Waals surface area contributed by atoms with E-state index in [1.54, 1.807) is 0 Å². The van der Waals surface area contributed by atoms with Gasteiger partial charge in [-0.3, -0.25) is 4.98 Å². The molecule has 0 amide bonds. The summed E-state index contributed by atoms with van der Waals surface area (Å²) in [5, 5.41) is 3.64. The largest absolute Gasteiger partial charge is 0.308 e. The van der Waals surface area contributed by atoms with Gasteiger partial charge in [0.15, 0.2) is 0 Å². The standard InChI is InChI=1S/C14H22N2/c1-2-12-6-5-8-13(10-12)16-11-14-7-3-4-9-15-14/h3-4,7,9,12-13,16H,2,5-6,8,10-11H2,1H3/t12-,13+/m0/s1. The van der Waals surface area contributed by atoms with Crippen molar-refractivity contribution in [1.82, 2.24) is 10.3 Å². The van der Waals surface area contributed by atoms with Gasteiger partial charge in [0.2, 0.25) is 0 Å². The van der Waals surface area contributed by atoms with Gasteiger partial charge in [-0.1, -0.05) is 32.3 Å². The molecule has 88 valence electrons. The Bertz CT molecular complexity index is 297. The lowest BCUT2D eigenvalue weighted by atomic mass is 9.84. The summed E-state index contributed by atoms with van der Waals surface area (Å²) in [5.74, 6) is 0.940. The second-order valence-corrected chi connectivity index (χ2v) is 4.84. The van der Waals surface area contributed by atoms with Crippen molar-refractivity contribution in [2.75, 3.05) is 0 Å². The molecule has 0 saturated heterocycles. The maximum absolute atomic E-state index is 4.34. The highest BCUT2D eigenvalue weighted by Gasteiger charge is 2.19. The van der Waals surface area contributed by atoms with E-state index < -0.39 is 0 Å². The molecule has 2 heteroatoms. The summed E-state index contributed by atoms with van der Waals surface area (Å²) in [6.45, 7) is 3.23. The molecule has 1 aliphatic rings. The number of pyridine rings is 1. The van der Waals surface area contributed by atoms with Crippen molar-refractivity contribution in [3.8, 4) is 0 Å². The van der Waals surface area contributed by atoms with Crippen molar-refractivity contribution in [3.63, 3.8) is 0 Å². The Kier molecular flexibility index (Phi) is 4.34. The molecular formula is C14H22N2. The Balaban J connectivity index is 1.77. The second kappa shape index (κ2) is 6.00. The van der Waals surface area contributed by atoms with Crippen LogP contribution in [0.5, 0.6) is 0 Å². The van der Waals surface area contributed by atoms with Gasteiger partial charge in [0, 0.05) is 18.8 Å². The summed E-state index contributed by atoms with van der Waals surface area (Å²) in [7, 11) is 0.